The molecule has 3 atom stereocenters. The molecule has 122 valence electrons. The third-order valence-electron chi connectivity index (χ3n) is 4.66. The van der Waals surface area contributed by atoms with Crippen molar-refractivity contribution in [3.63, 3.8) is 0 Å². The monoisotopic (exact) mass is 413 g/mol. The minimum atomic E-state index is 0.249. The maximum absolute atomic E-state index is 10.7. The number of allylic oxidation sites excluding steroid dienone is 2. The van der Waals surface area contributed by atoms with E-state index in [1.165, 1.54) is 28.4 Å². The predicted octanol–water partition coefficient (Wildman–Crippen LogP) is 1.61. The normalized spacial score (nSPS) is 27.8. The van der Waals surface area contributed by atoms with Crippen molar-refractivity contribution >= 4 is 0 Å². The molecule has 0 radical (unpaired) electrons. The van der Waals surface area contributed by atoms with Gasteiger partial charge in [0, 0.05) is 0 Å². The average Bonchev–Trinajstić information content (AvgIpc) is 3.26. The first kappa shape index (κ1) is 16.2. The average molecular weight is 413 g/mol. The van der Waals surface area contributed by atoms with Gasteiger partial charge >= 0.3 is 144 Å². The van der Waals surface area contributed by atoms with Gasteiger partial charge in [-0.25, -0.2) is 0 Å². The number of ether oxygens (including phenoxy) is 1. The Hall–Kier alpha value is -0.710. The summed E-state index contributed by atoms with van der Waals surface area (Å²) in [5, 5.41) is 10.7. The van der Waals surface area contributed by atoms with Crippen LogP contribution < -0.4 is 25.9 Å². The van der Waals surface area contributed by atoms with Gasteiger partial charge in [-0.05, 0) is 0 Å². The van der Waals surface area contributed by atoms with Crippen LogP contribution in [0.5, 0.6) is 11.5 Å². The molecule has 1 aliphatic heterocycles. The summed E-state index contributed by atoms with van der Waals surface area (Å²) in [6, 6.07) is 4.14. The van der Waals surface area contributed by atoms with Crippen molar-refractivity contribution in [2.45, 2.75) is 56.5 Å². The first-order valence-corrected chi connectivity index (χ1v) is 11.1. The van der Waals surface area contributed by atoms with Crippen molar-refractivity contribution < 1.29 is 31.0 Å². The van der Waals surface area contributed by atoms with Crippen LogP contribution in [0.3, 0.4) is 0 Å². The molecule has 1 aliphatic carbocycles. The predicted molar refractivity (Wildman–Crippen MR) is 86.3 cm³/mol. The zero-order chi connectivity index (χ0) is 15.7. The summed E-state index contributed by atoms with van der Waals surface area (Å²) in [5.74, 6) is 2.23. The molecule has 1 aromatic carbocycles. The summed E-state index contributed by atoms with van der Waals surface area (Å²) in [6.07, 6.45) is 6.81. The third kappa shape index (κ3) is 3.61. The maximum atomic E-state index is 10.7. The fourth-order valence-corrected chi connectivity index (χ4v) is 4.17. The number of hydrogen-bond donors (Lipinski definition) is 1. The van der Waals surface area contributed by atoms with E-state index >= 15 is 0 Å². The second-order valence-corrected chi connectivity index (χ2v) is 9.82. The molecule has 2 unspecified atom stereocenters. The second-order valence-electron chi connectivity index (χ2n) is 6.67. The van der Waals surface area contributed by atoms with E-state index in [2.05, 4.69) is 32.9 Å². The Labute approximate surface area is 144 Å². The van der Waals surface area contributed by atoms with Crippen molar-refractivity contribution in [2.75, 3.05) is 4.43 Å². The van der Waals surface area contributed by atoms with Crippen LogP contribution in [0.4, 0.5) is 0 Å². The van der Waals surface area contributed by atoms with Crippen LogP contribution in [0, 0.1) is 5.92 Å². The number of rotatable bonds is 5. The molecule has 0 amide bonds. The van der Waals surface area contributed by atoms with Crippen LogP contribution in [0.15, 0.2) is 23.8 Å². The molecule has 1 saturated heterocycles. The Morgan fingerprint density at radius 2 is 2.14 bits per heavy atom. The molecule has 3 heteroatoms. The minimum absolute atomic E-state index is 0.249. The van der Waals surface area contributed by atoms with Crippen molar-refractivity contribution in [2.24, 2.45) is 5.92 Å². The second kappa shape index (κ2) is 6.81. The van der Waals surface area contributed by atoms with Crippen LogP contribution in [0.1, 0.15) is 57.1 Å². The number of aryl methyl sites for hydroxylation is 1. The standard InChI is InChI=1S/C19H26IO2/c1-4-5-14-9-16(21)19(17(10-14)22-18-11-20-18)15-8-12(2)6-7-13(15)3/h8-10,13,15,18,21H,4-7,11H2,1-3H3/q-1/t13-,15?,18?/m1/s1. The fourth-order valence-electron chi connectivity index (χ4n) is 3.33. The van der Waals surface area contributed by atoms with Gasteiger partial charge in [0.15, 0.2) is 0 Å². The van der Waals surface area contributed by atoms with Gasteiger partial charge in [0.1, 0.15) is 0 Å². The van der Waals surface area contributed by atoms with E-state index in [-0.39, 0.29) is 27.1 Å². The molecule has 0 spiro atoms. The van der Waals surface area contributed by atoms with E-state index in [9.17, 15) is 5.11 Å². The Balaban J connectivity index is 2.01. The zero-order valence-corrected chi connectivity index (χ0v) is 15.9. The zero-order valence-electron chi connectivity index (χ0n) is 13.7. The first-order chi connectivity index (χ1) is 10.6. The Bertz CT molecular complexity index is 575. The van der Waals surface area contributed by atoms with E-state index in [4.69, 9.17) is 4.74 Å². The number of halogens is 1. The number of phenols is 1. The SMILES string of the molecule is CCCc1cc(O)c(C2C=C(C)CC[C@H]2C)c(OC2C[I-]2)c1. The summed E-state index contributed by atoms with van der Waals surface area (Å²) in [5.41, 5.74) is 3.66. The molecule has 3 rings (SSSR count). The van der Waals surface area contributed by atoms with E-state index in [0.29, 0.717) is 15.8 Å². The van der Waals surface area contributed by atoms with E-state index in [0.717, 1.165) is 24.2 Å². The van der Waals surface area contributed by atoms with Crippen LogP contribution >= 0.6 is 0 Å². The topological polar surface area (TPSA) is 29.5 Å². The molecule has 1 fully saturated rings. The summed E-state index contributed by atoms with van der Waals surface area (Å²) in [4.78, 5) is 0. The molecule has 22 heavy (non-hydrogen) atoms. The molecule has 1 heterocycles. The molecule has 2 aliphatic rings. The van der Waals surface area contributed by atoms with Gasteiger partial charge in [0.05, 0.1) is 0 Å². The van der Waals surface area contributed by atoms with Gasteiger partial charge in [-0.1, -0.05) is 0 Å². The number of benzene rings is 1. The van der Waals surface area contributed by atoms with E-state index < -0.39 is 0 Å². The van der Waals surface area contributed by atoms with E-state index in [1.54, 1.807) is 0 Å². The molecule has 1 N–H and O–H groups in total. The van der Waals surface area contributed by atoms with Crippen molar-refractivity contribution in [1.82, 2.24) is 0 Å². The third-order valence-corrected chi connectivity index (χ3v) is 6.51. The van der Waals surface area contributed by atoms with Gasteiger partial charge in [0.2, 0.25) is 0 Å². The molecule has 1 aromatic rings. The van der Waals surface area contributed by atoms with Gasteiger partial charge in [0.25, 0.3) is 0 Å². The summed E-state index contributed by atoms with van der Waals surface area (Å²) < 4.78 is 7.95. The summed E-state index contributed by atoms with van der Waals surface area (Å²) in [7, 11) is 0. The number of hydrogen-bond acceptors (Lipinski definition) is 2. The van der Waals surface area contributed by atoms with Crippen LogP contribution in [0.2, 0.25) is 0 Å². The summed E-state index contributed by atoms with van der Waals surface area (Å²) in [6.45, 7) is 6.67. The van der Waals surface area contributed by atoms with Gasteiger partial charge < -0.3 is 0 Å². The molecule has 0 saturated carbocycles. The van der Waals surface area contributed by atoms with Crippen molar-refractivity contribution in [3.05, 3.63) is 34.9 Å². The Morgan fingerprint density at radius 3 is 2.82 bits per heavy atom. The number of alkyl halides is 2. The van der Waals surface area contributed by atoms with Crippen LogP contribution in [-0.2, 0) is 6.42 Å². The van der Waals surface area contributed by atoms with Crippen LogP contribution in [0.25, 0.3) is 0 Å². The Kier molecular flexibility index (Phi) is 5.00. The van der Waals surface area contributed by atoms with Crippen LogP contribution in [-0.4, -0.2) is 13.6 Å². The first-order valence-electron chi connectivity index (χ1n) is 8.36. The Morgan fingerprint density at radius 1 is 1.36 bits per heavy atom. The molecular weight excluding hydrogens is 387 g/mol. The van der Waals surface area contributed by atoms with Gasteiger partial charge in [-0.15, -0.1) is 0 Å². The quantitative estimate of drug-likeness (QED) is 0.452. The molecule has 0 aromatic heterocycles. The van der Waals surface area contributed by atoms with Gasteiger partial charge in [-0.2, -0.15) is 0 Å². The summed E-state index contributed by atoms with van der Waals surface area (Å²) >= 11 is 0.249. The number of phenolic OH excluding ortho intramolecular Hbond substituents is 1. The van der Waals surface area contributed by atoms with Gasteiger partial charge in [-0.3, -0.25) is 0 Å². The molecule has 2 nitrogen and oxygen atoms in total. The van der Waals surface area contributed by atoms with Crippen molar-refractivity contribution in [3.8, 4) is 11.5 Å². The molecule has 0 bridgehead atoms. The van der Waals surface area contributed by atoms with E-state index in [1.807, 2.05) is 6.07 Å². The van der Waals surface area contributed by atoms with Crippen molar-refractivity contribution in [1.29, 1.82) is 0 Å². The molecular formula is C19H26IO2-. The number of aromatic hydroxyl groups is 1. The fraction of sp³-hybridized carbons (Fsp3) is 0.579.